The largest absolute Gasteiger partial charge is 0.306 e. The number of benzene rings is 1. The number of rotatable bonds is 5. The van der Waals surface area contributed by atoms with Crippen LogP contribution in [0.25, 0.3) is 0 Å². The van der Waals surface area contributed by atoms with Crippen molar-refractivity contribution in [3.63, 3.8) is 0 Å². The van der Waals surface area contributed by atoms with Gasteiger partial charge in [0, 0.05) is 18.4 Å². The van der Waals surface area contributed by atoms with Crippen LogP contribution in [-0.4, -0.2) is 23.5 Å². The van der Waals surface area contributed by atoms with E-state index in [-0.39, 0.29) is 0 Å². The van der Waals surface area contributed by atoms with Gasteiger partial charge in [-0.2, -0.15) is 21.4 Å². The molecule has 0 heterocycles. The topological polar surface area (TPSA) is 70.2 Å². The fraction of sp³-hybridized carbons (Fsp3) is 0.300. The van der Waals surface area contributed by atoms with E-state index in [9.17, 15) is 14.5 Å². The highest BCUT2D eigenvalue weighted by molar-refractivity contribution is 7.98. The van der Waals surface area contributed by atoms with Gasteiger partial charge in [-0.3, -0.25) is 15.0 Å². The molecule has 0 radical (unpaired) electrons. The zero-order chi connectivity index (χ0) is 12.8. The van der Waals surface area contributed by atoms with Gasteiger partial charge in [0.2, 0.25) is 5.82 Å². The van der Waals surface area contributed by atoms with E-state index >= 15 is 0 Å². The molecule has 0 aliphatic carbocycles. The van der Waals surface area contributed by atoms with Crippen molar-refractivity contribution in [2.75, 3.05) is 23.5 Å². The first kappa shape index (κ1) is 13.3. The fourth-order valence-corrected chi connectivity index (χ4v) is 1.59. The van der Waals surface area contributed by atoms with Gasteiger partial charge >= 0.3 is 5.69 Å². The Balaban J connectivity index is 3.01. The van der Waals surface area contributed by atoms with Crippen molar-refractivity contribution in [3.05, 3.63) is 34.1 Å². The van der Waals surface area contributed by atoms with Gasteiger partial charge in [-0.05, 0) is 18.4 Å². The lowest BCUT2D eigenvalue weighted by molar-refractivity contribution is -0.387. The monoisotopic (exact) mass is 255 g/mol. The van der Waals surface area contributed by atoms with Gasteiger partial charge < -0.3 is 0 Å². The summed E-state index contributed by atoms with van der Waals surface area (Å²) in [6, 6.07) is 3.42. The van der Waals surface area contributed by atoms with Crippen molar-refractivity contribution < 1.29 is 9.31 Å². The summed E-state index contributed by atoms with van der Waals surface area (Å²) in [5.74, 6) is -0.194. The molecule has 90 valence electrons. The third kappa shape index (κ3) is 3.32. The number of nitrogens with zero attached hydrogens (tertiary/aromatic N) is 3. The van der Waals surface area contributed by atoms with Gasteiger partial charge in [-0.15, -0.1) is 0 Å². The second kappa shape index (κ2) is 6.06. The summed E-state index contributed by atoms with van der Waals surface area (Å²) in [4.78, 5) is 11.1. The van der Waals surface area contributed by atoms with Crippen LogP contribution < -0.4 is 4.90 Å². The maximum atomic E-state index is 13.1. The van der Waals surface area contributed by atoms with E-state index < -0.39 is 16.4 Å². The molecule has 1 rings (SSSR count). The van der Waals surface area contributed by atoms with Crippen molar-refractivity contribution in [2.24, 2.45) is 0 Å². The lowest BCUT2D eigenvalue weighted by Crippen LogP contribution is -2.19. The number of halogens is 1. The van der Waals surface area contributed by atoms with Crippen LogP contribution in [0.5, 0.6) is 0 Å². The van der Waals surface area contributed by atoms with E-state index in [4.69, 9.17) is 5.26 Å². The molecule has 0 atom stereocenters. The summed E-state index contributed by atoms with van der Waals surface area (Å²) in [5, 5.41) is 19.5. The number of nitro benzene ring substituents is 1. The fourth-order valence-electron chi connectivity index (χ4n) is 1.23. The van der Waals surface area contributed by atoms with E-state index in [0.29, 0.717) is 18.0 Å². The number of hydrogen-bond donors (Lipinski definition) is 0. The van der Waals surface area contributed by atoms with E-state index in [1.807, 2.05) is 12.4 Å². The molecule has 7 heteroatoms. The maximum Gasteiger partial charge on any atom is 0.306 e. The first-order valence-corrected chi connectivity index (χ1v) is 6.09. The smallest absolute Gasteiger partial charge is 0.278 e. The first-order valence-electron chi connectivity index (χ1n) is 4.70. The average Bonchev–Trinajstić information content (AvgIpc) is 2.31. The van der Waals surface area contributed by atoms with Crippen molar-refractivity contribution in [1.29, 1.82) is 5.26 Å². The zero-order valence-electron chi connectivity index (χ0n) is 9.09. The standard InChI is InChI=1S/C10H10FN3O2S/c1-17-5-4-13(7-12)8-2-3-9(11)10(6-8)14(15)16/h2-3,6H,4-5H2,1H3. The number of anilines is 1. The molecule has 0 saturated heterocycles. The number of thioether (sulfide) groups is 1. The summed E-state index contributed by atoms with van der Waals surface area (Å²) in [6.45, 7) is 0.431. The van der Waals surface area contributed by atoms with Gasteiger partial charge in [0.25, 0.3) is 0 Å². The third-order valence-corrected chi connectivity index (χ3v) is 2.67. The second-order valence-corrected chi connectivity index (χ2v) is 4.12. The molecule has 0 bridgehead atoms. The quantitative estimate of drug-likeness (QED) is 0.349. The predicted octanol–water partition coefficient (Wildman–Crippen LogP) is 2.38. The highest BCUT2D eigenvalue weighted by Gasteiger charge is 2.16. The maximum absolute atomic E-state index is 13.1. The minimum atomic E-state index is -0.901. The van der Waals surface area contributed by atoms with Crippen LogP contribution in [0.3, 0.4) is 0 Å². The minimum absolute atomic E-state index is 0.328. The Bertz CT molecular complexity index is 461. The summed E-state index contributed by atoms with van der Waals surface area (Å²) in [5.41, 5.74) is -0.290. The van der Waals surface area contributed by atoms with Gasteiger partial charge in [-0.25, -0.2) is 0 Å². The molecule has 1 aromatic rings. The highest BCUT2D eigenvalue weighted by Crippen LogP contribution is 2.24. The lowest BCUT2D eigenvalue weighted by atomic mass is 10.2. The lowest BCUT2D eigenvalue weighted by Gasteiger charge is -2.14. The Kier molecular flexibility index (Phi) is 4.72. The van der Waals surface area contributed by atoms with E-state index in [0.717, 1.165) is 12.1 Å². The van der Waals surface area contributed by atoms with Crippen molar-refractivity contribution in [2.45, 2.75) is 0 Å². The van der Waals surface area contributed by atoms with Crippen LogP contribution in [0, 0.1) is 27.4 Å². The van der Waals surface area contributed by atoms with Crippen molar-refractivity contribution >= 4 is 23.1 Å². The molecular weight excluding hydrogens is 245 g/mol. The van der Waals surface area contributed by atoms with Crippen LogP contribution in [-0.2, 0) is 0 Å². The molecule has 0 aromatic heterocycles. The number of hydrogen-bond acceptors (Lipinski definition) is 5. The Morgan fingerprint density at radius 1 is 1.65 bits per heavy atom. The molecular formula is C10H10FN3O2S. The van der Waals surface area contributed by atoms with Crippen molar-refractivity contribution in [1.82, 2.24) is 0 Å². The van der Waals surface area contributed by atoms with Crippen LogP contribution in [0.4, 0.5) is 15.8 Å². The van der Waals surface area contributed by atoms with Crippen LogP contribution in [0.1, 0.15) is 0 Å². The van der Waals surface area contributed by atoms with E-state index in [1.54, 1.807) is 11.8 Å². The molecule has 0 unspecified atom stereocenters. The molecule has 0 aliphatic heterocycles. The van der Waals surface area contributed by atoms with Crippen LogP contribution >= 0.6 is 11.8 Å². The molecule has 17 heavy (non-hydrogen) atoms. The highest BCUT2D eigenvalue weighted by atomic mass is 32.2. The first-order chi connectivity index (χ1) is 8.10. The van der Waals surface area contributed by atoms with Gasteiger partial charge in [-0.1, -0.05) is 0 Å². The molecule has 0 spiro atoms. The molecule has 0 saturated carbocycles. The van der Waals surface area contributed by atoms with Crippen molar-refractivity contribution in [3.8, 4) is 6.19 Å². The average molecular weight is 255 g/mol. The molecule has 1 aromatic carbocycles. The van der Waals surface area contributed by atoms with Gasteiger partial charge in [0.05, 0.1) is 10.6 Å². The zero-order valence-corrected chi connectivity index (χ0v) is 9.91. The molecule has 0 aliphatic rings. The Morgan fingerprint density at radius 2 is 2.35 bits per heavy atom. The number of nitro groups is 1. The molecule has 5 nitrogen and oxygen atoms in total. The Labute approximate surface area is 102 Å². The van der Waals surface area contributed by atoms with E-state index in [1.165, 1.54) is 11.0 Å². The SMILES string of the molecule is CSCCN(C#N)c1ccc(F)c([N+](=O)[O-])c1. The van der Waals surface area contributed by atoms with E-state index in [2.05, 4.69) is 0 Å². The molecule has 0 fully saturated rings. The van der Waals surface area contributed by atoms with Gasteiger partial charge in [0.1, 0.15) is 0 Å². The van der Waals surface area contributed by atoms with Crippen LogP contribution in [0.15, 0.2) is 18.2 Å². The molecule has 0 amide bonds. The second-order valence-electron chi connectivity index (χ2n) is 3.14. The van der Waals surface area contributed by atoms with Gasteiger partial charge in [0.15, 0.2) is 6.19 Å². The molecule has 0 N–H and O–H groups in total. The summed E-state index contributed by atoms with van der Waals surface area (Å²) < 4.78 is 13.1. The Morgan fingerprint density at radius 3 is 2.88 bits per heavy atom. The van der Waals surface area contributed by atoms with Crippen LogP contribution in [0.2, 0.25) is 0 Å². The summed E-state index contributed by atoms with van der Waals surface area (Å²) in [7, 11) is 0. The minimum Gasteiger partial charge on any atom is -0.278 e. The summed E-state index contributed by atoms with van der Waals surface area (Å²) >= 11 is 1.55. The third-order valence-electron chi connectivity index (χ3n) is 2.08. The summed E-state index contributed by atoms with van der Waals surface area (Å²) in [6.07, 6.45) is 3.81. The predicted molar refractivity (Wildman–Crippen MR) is 64.4 cm³/mol. The normalized spacial score (nSPS) is 9.71. The number of nitriles is 1. The Hall–Kier alpha value is -1.81.